The number of ether oxygens (including phenoxy) is 1. The first kappa shape index (κ1) is 12.2. The third kappa shape index (κ3) is 1.63. The molecular formula is C13H17ClN2O2. The molecule has 0 bridgehead atoms. The van der Waals surface area contributed by atoms with E-state index in [1.165, 1.54) is 0 Å². The lowest BCUT2D eigenvalue weighted by atomic mass is 9.73. The van der Waals surface area contributed by atoms with Crippen LogP contribution in [0.3, 0.4) is 0 Å². The Morgan fingerprint density at radius 1 is 1.56 bits per heavy atom. The van der Waals surface area contributed by atoms with Crippen LogP contribution < -0.4 is 4.90 Å². The Hall–Kier alpha value is -0.840. The molecule has 18 heavy (non-hydrogen) atoms. The molecule has 1 fully saturated rings. The van der Waals surface area contributed by atoms with E-state index in [0.717, 1.165) is 17.9 Å². The molecule has 5 heteroatoms. The van der Waals surface area contributed by atoms with Crippen molar-refractivity contribution in [3.05, 3.63) is 23.0 Å². The topological polar surface area (TPSA) is 45.6 Å². The number of pyridine rings is 1. The molecule has 3 rings (SSSR count). The van der Waals surface area contributed by atoms with E-state index in [1.54, 1.807) is 6.20 Å². The zero-order valence-electron chi connectivity index (χ0n) is 10.6. The highest BCUT2D eigenvalue weighted by Gasteiger charge is 2.48. The number of morpholine rings is 1. The Bertz CT molecular complexity index is 478. The molecule has 3 heterocycles. The number of halogens is 1. The number of aromatic nitrogens is 1. The minimum Gasteiger partial charge on any atom is -0.386 e. The van der Waals surface area contributed by atoms with Gasteiger partial charge in [-0.2, -0.15) is 0 Å². The lowest BCUT2D eigenvalue weighted by Gasteiger charge is -2.52. The maximum atomic E-state index is 10.5. The molecule has 98 valence electrons. The molecule has 0 saturated carbocycles. The number of fused-ring (bicyclic) bond motifs is 3. The lowest BCUT2D eigenvalue weighted by Crippen LogP contribution is -2.58. The molecule has 4 nitrogen and oxygen atoms in total. The Morgan fingerprint density at radius 3 is 3.11 bits per heavy atom. The van der Waals surface area contributed by atoms with E-state index >= 15 is 0 Å². The normalized spacial score (nSPS) is 29.7. The fourth-order valence-electron chi connectivity index (χ4n) is 2.92. The quantitative estimate of drug-likeness (QED) is 0.782. The molecular weight excluding hydrogens is 252 g/mol. The number of rotatable bonds is 0. The van der Waals surface area contributed by atoms with Crippen LogP contribution in [-0.2, 0) is 4.74 Å². The van der Waals surface area contributed by atoms with Crippen LogP contribution in [0.4, 0.5) is 5.69 Å². The Kier molecular flexibility index (Phi) is 2.77. The first-order valence-electron chi connectivity index (χ1n) is 6.19. The highest BCUT2D eigenvalue weighted by molar-refractivity contribution is 6.30. The summed E-state index contributed by atoms with van der Waals surface area (Å²) >= 11 is 6.02. The molecule has 2 atom stereocenters. The van der Waals surface area contributed by atoms with Gasteiger partial charge in [0.1, 0.15) is 6.10 Å². The van der Waals surface area contributed by atoms with Crippen LogP contribution in [0, 0.1) is 5.41 Å². The van der Waals surface area contributed by atoms with Gasteiger partial charge in [-0.3, -0.25) is 4.98 Å². The molecule has 0 amide bonds. The summed E-state index contributed by atoms with van der Waals surface area (Å²) < 4.78 is 5.56. The fraction of sp³-hybridized carbons (Fsp3) is 0.615. The smallest absolute Gasteiger partial charge is 0.105 e. The summed E-state index contributed by atoms with van der Waals surface area (Å²) in [5.74, 6) is 0. The molecule has 0 radical (unpaired) electrons. The summed E-state index contributed by atoms with van der Waals surface area (Å²) in [5, 5.41) is 11.1. The Balaban J connectivity index is 2.15. The van der Waals surface area contributed by atoms with Gasteiger partial charge in [-0.1, -0.05) is 25.4 Å². The summed E-state index contributed by atoms with van der Waals surface area (Å²) in [7, 11) is 0. The number of anilines is 1. The minimum atomic E-state index is -0.590. The van der Waals surface area contributed by atoms with Crippen molar-refractivity contribution in [2.24, 2.45) is 5.41 Å². The average Bonchev–Trinajstić information content (AvgIpc) is 2.36. The molecule has 2 aliphatic rings. The van der Waals surface area contributed by atoms with Gasteiger partial charge in [-0.25, -0.2) is 0 Å². The second kappa shape index (κ2) is 4.08. The third-order valence-corrected chi connectivity index (χ3v) is 4.33. The fourth-order valence-corrected chi connectivity index (χ4v) is 3.08. The lowest BCUT2D eigenvalue weighted by molar-refractivity contribution is -0.0288. The Morgan fingerprint density at radius 2 is 2.33 bits per heavy atom. The van der Waals surface area contributed by atoms with Crippen LogP contribution in [-0.4, -0.2) is 35.9 Å². The van der Waals surface area contributed by atoms with Gasteiger partial charge in [0.05, 0.1) is 35.7 Å². The van der Waals surface area contributed by atoms with Crippen molar-refractivity contribution in [1.29, 1.82) is 0 Å². The molecule has 2 aliphatic heterocycles. The summed E-state index contributed by atoms with van der Waals surface area (Å²) in [5.41, 5.74) is 1.39. The van der Waals surface area contributed by atoms with Crippen LogP contribution in [0.5, 0.6) is 0 Å². The highest BCUT2D eigenvalue weighted by atomic mass is 35.5. The van der Waals surface area contributed by atoms with Crippen molar-refractivity contribution in [3.8, 4) is 0 Å². The van der Waals surface area contributed by atoms with Crippen molar-refractivity contribution in [1.82, 2.24) is 4.98 Å². The summed E-state index contributed by atoms with van der Waals surface area (Å²) in [4.78, 5) is 6.59. The predicted octanol–water partition coefficient (Wildman–Crippen LogP) is 2.01. The molecule has 0 spiro atoms. The molecule has 1 aromatic heterocycles. The van der Waals surface area contributed by atoms with Gasteiger partial charge in [-0.15, -0.1) is 0 Å². The van der Waals surface area contributed by atoms with Gasteiger partial charge < -0.3 is 14.7 Å². The maximum Gasteiger partial charge on any atom is 0.105 e. The number of hydrogen-bond acceptors (Lipinski definition) is 4. The van der Waals surface area contributed by atoms with Gasteiger partial charge >= 0.3 is 0 Å². The minimum absolute atomic E-state index is 0.161. The van der Waals surface area contributed by atoms with Gasteiger partial charge in [0.25, 0.3) is 0 Å². The van der Waals surface area contributed by atoms with E-state index in [4.69, 9.17) is 16.3 Å². The third-order valence-electron chi connectivity index (χ3n) is 4.12. The summed E-state index contributed by atoms with van der Waals surface area (Å²) in [6, 6.07) is 2.05. The first-order chi connectivity index (χ1) is 8.51. The largest absolute Gasteiger partial charge is 0.386 e. The van der Waals surface area contributed by atoms with Crippen LogP contribution in [0.1, 0.15) is 25.6 Å². The predicted molar refractivity (Wildman–Crippen MR) is 69.9 cm³/mol. The van der Waals surface area contributed by atoms with Crippen LogP contribution >= 0.6 is 11.6 Å². The molecule has 1 aromatic rings. The molecule has 0 unspecified atom stereocenters. The van der Waals surface area contributed by atoms with Crippen molar-refractivity contribution in [2.75, 3.05) is 24.7 Å². The van der Waals surface area contributed by atoms with Gasteiger partial charge in [-0.05, 0) is 6.07 Å². The van der Waals surface area contributed by atoms with E-state index < -0.39 is 6.10 Å². The summed E-state index contributed by atoms with van der Waals surface area (Å²) in [6.07, 6.45) is 1.01. The van der Waals surface area contributed by atoms with Gasteiger partial charge in [0, 0.05) is 18.2 Å². The highest BCUT2D eigenvalue weighted by Crippen LogP contribution is 2.48. The monoisotopic (exact) mass is 268 g/mol. The zero-order valence-corrected chi connectivity index (χ0v) is 11.3. The van der Waals surface area contributed by atoms with E-state index in [-0.39, 0.29) is 11.5 Å². The number of aliphatic hydroxyl groups excluding tert-OH is 1. The summed E-state index contributed by atoms with van der Waals surface area (Å²) in [6.45, 7) is 6.27. The number of hydrogen-bond donors (Lipinski definition) is 1. The molecule has 0 aliphatic carbocycles. The van der Waals surface area contributed by atoms with Gasteiger partial charge in [0.2, 0.25) is 0 Å². The first-order valence-corrected chi connectivity index (χ1v) is 6.57. The van der Waals surface area contributed by atoms with Crippen LogP contribution in [0.15, 0.2) is 12.3 Å². The molecule has 0 aromatic carbocycles. The molecule has 1 saturated heterocycles. The SMILES string of the molecule is CC1(C)[C@H](O)c2ncc(Cl)cc2N2CCOC[C@H]21. The maximum absolute atomic E-state index is 10.5. The van der Waals surface area contributed by atoms with Crippen molar-refractivity contribution >= 4 is 17.3 Å². The van der Waals surface area contributed by atoms with Gasteiger partial charge in [0.15, 0.2) is 0 Å². The zero-order chi connectivity index (χ0) is 12.9. The second-order valence-electron chi connectivity index (χ2n) is 5.57. The van der Waals surface area contributed by atoms with E-state index in [0.29, 0.717) is 18.2 Å². The Labute approximate surface area is 112 Å². The van der Waals surface area contributed by atoms with E-state index in [2.05, 4.69) is 23.7 Å². The molecule has 1 N–H and O–H groups in total. The van der Waals surface area contributed by atoms with Crippen molar-refractivity contribution in [2.45, 2.75) is 26.0 Å². The van der Waals surface area contributed by atoms with Crippen LogP contribution in [0.25, 0.3) is 0 Å². The second-order valence-corrected chi connectivity index (χ2v) is 6.00. The standard InChI is InChI=1S/C13H17ClN2O2/c1-13(2)10-7-18-4-3-16(10)9-5-8(14)6-15-11(9)12(13)17/h5-6,10,12,17H,3-4,7H2,1-2H3/t10-,12+/m0/s1. The van der Waals surface area contributed by atoms with Crippen molar-refractivity contribution in [3.63, 3.8) is 0 Å². The number of aliphatic hydroxyl groups is 1. The van der Waals surface area contributed by atoms with E-state index in [9.17, 15) is 5.11 Å². The number of nitrogens with zero attached hydrogens (tertiary/aromatic N) is 2. The average molecular weight is 269 g/mol. The van der Waals surface area contributed by atoms with Crippen molar-refractivity contribution < 1.29 is 9.84 Å². The van der Waals surface area contributed by atoms with Crippen LogP contribution in [0.2, 0.25) is 5.02 Å². The van der Waals surface area contributed by atoms with E-state index in [1.807, 2.05) is 6.07 Å².